The zero-order chi connectivity index (χ0) is 14.8. The van der Waals surface area contributed by atoms with E-state index in [9.17, 15) is 9.18 Å². The molecule has 0 amide bonds. The summed E-state index contributed by atoms with van der Waals surface area (Å²) in [6, 6.07) is 9.48. The first kappa shape index (κ1) is 13.7. The van der Waals surface area contributed by atoms with Crippen LogP contribution < -0.4 is 0 Å². The van der Waals surface area contributed by atoms with Gasteiger partial charge in [0, 0.05) is 4.47 Å². The van der Waals surface area contributed by atoms with Crippen LogP contribution in [0.4, 0.5) is 4.39 Å². The molecule has 0 aliphatic carbocycles. The zero-order valence-corrected chi connectivity index (χ0v) is 12.2. The number of aromatic amines is 1. The van der Waals surface area contributed by atoms with Gasteiger partial charge in [-0.3, -0.25) is 0 Å². The standard InChI is InChI=1S/C14H9BrFN3O2/c15-9-2-3-10(11(16)6-9)14(20)21-7-8-1-4-12-13(5-8)18-19-17-12/h1-6H,7H2,(H,17,18,19). The second kappa shape index (κ2) is 5.61. The van der Waals surface area contributed by atoms with E-state index in [2.05, 4.69) is 31.3 Å². The maximum absolute atomic E-state index is 13.6. The molecule has 0 fully saturated rings. The van der Waals surface area contributed by atoms with E-state index >= 15 is 0 Å². The molecule has 0 aliphatic heterocycles. The topological polar surface area (TPSA) is 67.9 Å². The van der Waals surface area contributed by atoms with Crippen LogP contribution in [0.25, 0.3) is 11.0 Å². The van der Waals surface area contributed by atoms with E-state index in [0.717, 1.165) is 11.1 Å². The minimum absolute atomic E-state index is 0.0388. The first-order chi connectivity index (χ1) is 10.1. The number of nitrogens with zero attached hydrogens (tertiary/aromatic N) is 2. The lowest BCUT2D eigenvalue weighted by molar-refractivity contribution is 0.0467. The van der Waals surface area contributed by atoms with Gasteiger partial charge in [0.15, 0.2) is 0 Å². The number of hydrogen-bond donors (Lipinski definition) is 1. The highest BCUT2D eigenvalue weighted by Gasteiger charge is 2.13. The summed E-state index contributed by atoms with van der Waals surface area (Å²) in [4.78, 5) is 11.9. The Morgan fingerprint density at radius 3 is 2.81 bits per heavy atom. The number of benzene rings is 2. The van der Waals surface area contributed by atoms with Crippen LogP contribution >= 0.6 is 15.9 Å². The van der Waals surface area contributed by atoms with Crippen molar-refractivity contribution in [3.63, 3.8) is 0 Å². The van der Waals surface area contributed by atoms with Crippen LogP contribution in [0.15, 0.2) is 40.9 Å². The summed E-state index contributed by atoms with van der Waals surface area (Å²) in [5.74, 6) is -1.33. The average molecular weight is 350 g/mol. The lowest BCUT2D eigenvalue weighted by atomic mass is 10.2. The van der Waals surface area contributed by atoms with Crippen molar-refractivity contribution in [3.05, 3.63) is 57.8 Å². The molecule has 21 heavy (non-hydrogen) atoms. The maximum Gasteiger partial charge on any atom is 0.341 e. The van der Waals surface area contributed by atoms with Crippen molar-refractivity contribution in [2.24, 2.45) is 0 Å². The number of H-pyrrole nitrogens is 1. The number of rotatable bonds is 3. The normalized spacial score (nSPS) is 10.8. The Morgan fingerprint density at radius 2 is 2.00 bits per heavy atom. The average Bonchev–Trinajstić information content (AvgIpc) is 2.92. The molecule has 5 nitrogen and oxygen atoms in total. The molecule has 1 N–H and O–H groups in total. The summed E-state index contributed by atoms with van der Waals surface area (Å²) in [5.41, 5.74) is 2.06. The smallest absolute Gasteiger partial charge is 0.341 e. The van der Waals surface area contributed by atoms with Crippen LogP contribution in [0, 0.1) is 5.82 Å². The van der Waals surface area contributed by atoms with Gasteiger partial charge in [-0.2, -0.15) is 15.4 Å². The molecule has 3 aromatic rings. The molecule has 0 atom stereocenters. The van der Waals surface area contributed by atoms with Crippen molar-refractivity contribution < 1.29 is 13.9 Å². The molecule has 0 unspecified atom stereocenters. The van der Waals surface area contributed by atoms with E-state index in [4.69, 9.17) is 4.74 Å². The number of nitrogens with one attached hydrogen (secondary N) is 1. The van der Waals surface area contributed by atoms with Gasteiger partial charge in [0.25, 0.3) is 0 Å². The molecule has 1 heterocycles. The van der Waals surface area contributed by atoms with Crippen LogP contribution in [0.5, 0.6) is 0 Å². The number of halogens is 2. The molecule has 0 bridgehead atoms. The predicted octanol–water partition coefficient (Wildman–Crippen LogP) is 3.22. The second-order valence-electron chi connectivity index (χ2n) is 4.35. The van der Waals surface area contributed by atoms with Crippen molar-refractivity contribution in [3.8, 4) is 0 Å². The van der Waals surface area contributed by atoms with Crippen LogP contribution in [0.2, 0.25) is 0 Å². The molecule has 0 saturated carbocycles. The van der Waals surface area contributed by atoms with Crippen molar-refractivity contribution in [2.75, 3.05) is 0 Å². The molecule has 1 aromatic heterocycles. The molecule has 106 valence electrons. The Hall–Kier alpha value is -2.28. The number of esters is 1. The van der Waals surface area contributed by atoms with Crippen molar-refractivity contribution in [1.82, 2.24) is 15.4 Å². The molecule has 0 aliphatic rings. The Kier molecular flexibility index (Phi) is 3.66. The van der Waals surface area contributed by atoms with Gasteiger partial charge in [-0.15, -0.1) is 0 Å². The van der Waals surface area contributed by atoms with Crippen molar-refractivity contribution in [2.45, 2.75) is 6.61 Å². The minimum Gasteiger partial charge on any atom is -0.457 e. The van der Waals surface area contributed by atoms with Gasteiger partial charge < -0.3 is 4.74 Å². The monoisotopic (exact) mass is 349 g/mol. The summed E-state index contributed by atoms with van der Waals surface area (Å²) in [6.07, 6.45) is 0. The molecule has 2 aromatic carbocycles. The van der Waals surface area contributed by atoms with Gasteiger partial charge in [0.05, 0.1) is 5.56 Å². The molecule has 0 saturated heterocycles. The molecule has 7 heteroatoms. The number of hydrogen-bond acceptors (Lipinski definition) is 4. The predicted molar refractivity (Wildman–Crippen MR) is 77.1 cm³/mol. The summed E-state index contributed by atoms with van der Waals surface area (Å²) in [7, 11) is 0. The fraction of sp³-hybridized carbons (Fsp3) is 0.0714. The highest BCUT2D eigenvalue weighted by molar-refractivity contribution is 9.10. The largest absolute Gasteiger partial charge is 0.457 e. The van der Waals surface area contributed by atoms with Crippen LogP contribution in [0.3, 0.4) is 0 Å². The van der Waals surface area contributed by atoms with E-state index in [-0.39, 0.29) is 12.2 Å². The Balaban J connectivity index is 1.73. The van der Waals surface area contributed by atoms with E-state index in [1.54, 1.807) is 24.3 Å². The number of carbonyl (C=O) groups is 1. The highest BCUT2D eigenvalue weighted by atomic mass is 79.9. The zero-order valence-electron chi connectivity index (χ0n) is 10.6. The Morgan fingerprint density at radius 1 is 1.19 bits per heavy atom. The second-order valence-corrected chi connectivity index (χ2v) is 5.26. The summed E-state index contributed by atoms with van der Waals surface area (Å²) in [6.45, 7) is 0.0388. The van der Waals surface area contributed by atoms with Gasteiger partial charge in [0.1, 0.15) is 23.5 Å². The Bertz CT molecular complexity index is 819. The van der Waals surface area contributed by atoms with E-state index in [1.165, 1.54) is 12.1 Å². The van der Waals surface area contributed by atoms with Crippen LogP contribution in [0.1, 0.15) is 15.9 Å². The van der Waals surface area contributed by atoms with E-state index in [0.29, 0.717) is 9.99 Å². The van der Waals surface area contributed by atoms with Crippen LogP contribution in [-0.4, -0.2) is 21.4 Å². The quantitative estimate of drug-likeness (QED) is 0.737. The summed E-state index contributed by atoms with van der Waals surface area (Å²) >= 11 is 3.13. The Labute approximate surface area is 127 Å². The van der Waals surface area contributed by atoms with E-state index < -0.39 is 11.8 Å². The first-order valence-electron chi connectivity index (χ1n) is 6.05. The number of fused-ring (bicyclic) bond motifs is 1. The SMILES string of the molecule is O=C(OCc1ccc2n[nH]nc2c1)c1ccc(Br)cc1F. The minimum atomic E-state index is -0.708. The van der Waals surface area contributed by atoms with Gasteiger partial charge in [-0.1, -0.05) is 22.0 Å². The third-order valence-corrected chi connectivity index (χ3v) is 3.39. The number of aromatic nitrogens is 3. The third kappa shape index (κ3) is 2.92. The fourth-order valence-corrected chi connectivity index (χ4v) is 2.19. The number of ether oxygens (including phenoxy) is 1. The van der Waals surface area contributed by atoms with Crippen molar-refractivity contribution in [1.29, 1.82) is 0 Å². The fourth-order valence-electron chi connectivity index (χ4n) is 1.86. The lowest BCUT2D eigenvalue weighted by Gasteiger charge is -2.06. The maximum atomic E-state index is 13.6. The van der Waals surface area contributed by atoms with Gasteiger partial charge in [-0.25, -0.2) is 9.18 Å². The van der Waals surface area contributed by atoms with Crippen molar-refractivity contribution >= 4 is 32.9 Å². The third-order valence-electron chi connectivity index (χ3n) is 2.90. The molecular weight excluding hydrogens is 341 g/mol. The van der Waals surface area contributed by atoms with Crippen LogP contribution in [-0.2, 0) is 11.3 Å². The van der Waals surface area contributed by atoms with Gasteiger partial charge in [-0.05, 0) is 35.9 Å². The summed E-state index contributed by atoms with van der Waals surface area (Å²) in [5, 5.41) is 10.4. The molecule has 0 spiro atoms. The highest BCUT2D eigenvalue weighted by Crippen LogP contribution is 2.17. The molecule has 3 rings (SSSR count). The first-order valence-corrected chi connectivity index (χ1v) is 6.84. The summed E-state index contributed by atoms with van der Waals surface area (Å²) < 4.78 is 19.3. The van der Waals surface area contributed by atoms with Gasteiger partial charge in [0.2, 0.25) is 0 Å². The number of carbonyl (C=O) groups excluding carboxylic acids is 1. The lowest BCUT2D eigenvalue weighted by Crippen LogP contribution is -2.07. The molecule has 0 radical (unpaired) electrons. The van der Waals surface area contributed by atoms with E-state index in [1.807, 2.05) is 0 Å². The molecular formula is C14H9BrFN3O2. The van der Waals surface area contributed by atoms with Gasteiger partial charge >= 0.3 is 5.97 Å².